The molecule has 0 fully saturated rings. The topological polar surface area (TPSA) is 20.2 Å². The largest absolute Gasteiger partial charge is 0.392 e. The maximum Gasteiger partial charge on any atom is 0.0682 e. The molecular formula is C9H6ClIOS. The molecule has 1 N–H and O–H groups in total. The molecule has 13 heavy (non-hydrogen) atoms. The maximum atomic E-state index is 9.01. The number of hydrogen-bond acceptors (Lipinski definition) is 2. The predicted molar refractivity (Wildman–Crippen MR) is 65.5 cm³/mol. The van der Waals surface area contributed by atoms with Gasteiger partial charge in [-0.25, -0.2) is 0 Å². The first-order valence-electron chi connectivity index (χ1n) is 3.68. The van der Waals surface area contributed by atoms with Crippen LogP contribution in [0.1, 0.15) is 5.56 Å². The van der Waals surface area contributed by atoms with Crippen LogP contribution in [0.2, 0.25) is 5.02 Å². The van der Waals surface area contributed by atoms with Crippen molar-refractivity contribution in [2.24, 2.45) is 0 Å². The normalized spacial score (nSPS) is 11.0. The summed E-state index contributed by atoms with van der Waals surface area (Å²) < 4.78 is 2.35. The summed E-state index contributed by atoms with van der Waals surface area (Å²) in [6.45, 7) is 0.0676. The summed E-state index contributed by atoms with van der Waals surface area (Å²) in [6.07, 6.45) is 0. The van der Waals surface area contributed by atoms with E-state index in [1.165, 1.54) is 4.70 Å². The molecule has 2 rings (SSSR count). The SMILES string of the molecule is OCc1cc(I)c2scc(Cl)c2c1. The van der Waals surface area contributed by atoms with E-state index >= 15 is 0 Å². The van der Waals surface area contributed by atoms with E-state index in [1.54, 1.807) is 11.3 Å². The second kappa shape index (κ2) is 3.73. The molecular weight excluding hydrogens is 319 g/mol. The molecule has 4 heteroatoms. The zero-order chi connectivity index (χ0) is 9.42. The molecule has 0 saturated heterocycles. The highest BCUT2D eigenvalue weighted by Crippen LogP contribution is 2.34. The molecule has 0 radical (unpaired) electrons. The van der Waals surface area contributed by atoms with Gasteiger partial charge in [0.1, 0.15) is 0 Å². The lowest BCUT2D eigenvalue weighted by Gasteiger charge is -1.99. The van der Waals surface area contributed by atoms with Gasteiger partial charge < -0.3 is 5.11 Å². The van der Waals surface area contributed by atoms with E-state index in [1.807, 2.05) is 17.5 Å². The molecule has 0 amide bonds. The van der Waals surface area contributed by atoms with Crippen LogP contribution in [0.4, 0.5) is 0 Å². The van der Waals surface area contributed by atoms with E-state index in [2.05, 4.69) is 22.6 Å². The number of aliphatic hydroxyl groups is 1. The van der Waals surface area contributed by atoms with Gasteiger partial charge >= 0.3 is 0 Å². The predicted octanol–water partition coefficient (Wildman–Crippen LogP) is 3.65. The Bertz CT molecular complexity index is 452. The summed E-state index contributed by atoms with van der Waals surface area (Å²) in [7, 11) is 0. The molecule has 0 aliphatic rings. The van der Waals surface area contributed by atoms with E-state index in [4.69, 9.17) is 16.7 Å². The van der Waals surface area contributed by atoms with Crippen molar-refractivity contribution in [2.75, 3.05) is 0 Å². The van der Waals surface area contributed by atoms with Gasteiger partial charge in [0.15, 0.2) is 0 Å². The minimum atomic E-state index is 0.0676. The zero-order valence-electron chi connectivity index (χ0n) is 6.55. The third-order valence-corrected chi connectivity index (χ3v) is 4.51. The van der Waals surface area contributed by atoms with E-state index < -0.39 is 0 Å². The van der Waals surface area contributed by atoms with Crippen LogP contribution in [0, 0.1) is 3.57 Å². The lowest BCUT2D eigenvalue weighted by Crippen LogP contribution is -1.83. The van der Waals surface area contributed by atoms with E-state index in [0.717, 1.165) is 19.5 Å². The Morgan fingerprint density at radius 1 is 1.46 bits per heavy atom. The highest BCUT2D eigenvalue weighted by Gasteiger charge is 2.06. The van der Waals surface area contributed by atoms with Crippen LogP contribution < -0.4 is 0 Å². The molecule has 2 aromatic rings. The molecule has 68 valence electrons. The third kappa shape index (κ3) is 1.70. The Kier molecular flexibility index (Phi) is 2.78. The van der Waals surface area contributed by atoms with Crippen LogP contribution in [-0.4, -0.2) is 5.11 Å². The van der Waals surface area contributed by atoms with Gasteiger partial charge in [-0.3, -0.25) is 0 Å². The van der Waals surface area contributed by atoms with E-state index in [-0.39, 0.29) is 6.61 Å². The fourth-order valence-electron chi connectivity index (χ4n) is 1.21. The van der Waals surface area contributed by atoms with E-state index in [0.29, 0.717) is 0 Å². The minimum Gasteiger partial charge on any atom is -0.392 e. The van der Waals surface area contributed by atoms with Gasteiger partial charge in [-0.1, -0.05) is 11.6 Å². The van der Waals surface area contributed by atoms with Gasteiger partial charge in [-0.05, 0) is 40.3 Å². The molecule has 0 atom stereocenters. The van der Waals surface area contributed by atoms with Gasteiger partial charge in [0.25, 0.3) is 0 Å². The molecule has 0 saturated carbocycles. The molecule has 0 bridgehead atoms. The van der Waals surface area contributed by atoms with Gasteiger partial charge in [0.05, 0.1) is 11.6 Å². The average molecular weight is 325 g/mol. The van der Waals surface area contributed by atoms with Gasteiger partial charge in [0.2, 0.25) is 0 Å². The Morgan fingerprint density at radius 2 is 2.23 bits per heavy atom. The quantitative estimate of drug-likeness (QED) is 0.794. The summed E-state index contributed by atoms with van der Waals surface area (Å²) >= 11 is 9.90. The second-order valence-electron chi connectivity index (χ2n) is 2.70. The molecule has 0 unspecified atom stereocenters. The number of benzene rings is 1. The zero-order valence-corrected chi connectivity index (χ0v) is 10.3. The molecule has 1 heterocycles. The Hall–Kier alpha value is 0.160. The lowest BCUT2D eigenvalue weighted by molar-refractivity contribution is 0.282. The van der Waals surface area contributed by atoms with Crippen LogP contribution in [0.3, 0.4) is 0 Å². The first kappa shape index (κ1) is 9.71. The smallest absolute Gasteiger partial charge is 0.0682 e. The summed E-state index contributed by atoms with van der Waals surface area (Å²) in [5.41, 5.74) is 0.914. The lowest BCUT2D eigenvalue weighted by atomic mass is 10.2. The average Bonchev–Trinajstić information content (AvgIpc) is 2.48. The monoisotopic (exact) mass is 324 g/mol. The molecule has 1 aromatic carbocycles. The fraction of sp³-hybridized carbons (Fsp3) is 0.111. The molecule has 0 aliphatic carbocycles. The van der Waals surface area contributed by atoms with Gasteiger partial charge in [-0.15, -0.1) is 11.3 Å². The molecule has 1 aromatic heterocycles. The summed E-state index contributed by atoms with van der Waals surface area (Å²) in [6, 6.07) is 3.92. The number of aliphatic hydroxyl groups excluding tert-OH is 1. The van der Waals surface area contributed by atoms with E-state index in [9.17, 15) is 0 Å². The standard InChI is InChI=1S/C9H6ClIOS/c10-7-4-13-9-6(7)1-5(3-12)2-8(9)11/h1-2,4,12H,3H2. The van der Waals surface area contributed by atoms with Crippen molar-refractivity contribution in [2.45, 2.75) is 6.61 Å². The van der Waals surface area contributed by atoms with Gasteiger partial charge in [-0.2, -0.15) is 0 Å². The number of halogens is 2. The number of thiophene rings is 1. The first-order valence-corrected chi connectivity index (χ1v) is 6.02. The van der Waals surface area contributed by atoms with Gasteiger partial charge in [0, 0.05) is 19.0 Å². The molecule has 0 spiro atoms. The van der Waals surface area contributed by atoms with Crippen LogP contribution >= 0.6 is 45.5 Å². The fourth-order valence-corrected chi connectivity index (χ4v) is 3.44. The van der Waals surface area contributed by atoms with Crippen LogP contribution in [-0.2, 0) is 6.61 Å². The van der Waals surface area contributed by atoms with Crippen LogP contribution in [0.15, 0.2) is 17.5 Å². The van der Waals surface area contributed by atoms with Crippen LogP contribution in [0.5, 0.6) is 0 Å². The highest BCUT2D eigenvalue weighted by molar-refractivity contribution is 14.1. The summed E-state index contributed by atoms with van der Waals surface area (Å²) in [5, 5.41) is 12.7. The van der Waals surface area contributed by atoms with Crippen molar-refractivity contribution >= 4 is 55.6 Å². The van der Waals surface area contributed by atoms with Crippen molar-refractivity contribution < 1.29 is 5.11 Å². The van der Waals surface area contributed by atoms with Crippen molar-refractivity contribution in [1.29, 1.82) is 0 Å². The Labute approximate surface area is 98.5 Å². The number of hydrogen-bond donors (Lipinski definition) is 1. The summed E-state index contributed by atoms with van der Waals surface area (Å²) in [5.74, 6) is 0. The van der Waals surface area contributed by atoms with Crippen molar-refractivity contribution in [3.63, 3.8) is 0 Å². The number of rotatable bonds is 1. The van der Waals surface area contributed by atoms with Crippen molar-refractivity contribution in [1.82, 2.24) is 0 Å². The Morgan fingerprint density at radius 3 is 2.92 bits per heavy atom. The maximum absolute atomic E-state index is 9.01. The van der Waals surface area contributed by atoms with Crippen molar-refractivity contribution in [3.8, 4) is 0 Å². The summed E-state index contributed by atoms with van der Waals surface area (Å²) in [4.78, 5) is 0. The third-order valence-electron chi connectivity index (χ3n) is 1.82. The van der Waals surface area contributed by atoms with Crippen molar-refractivity contribution in [3.05, 3.63) is 31.7 Å². The molecule has 0 aliphatic heterocycles. The Balaban J connectivity index is 2.80. The second-order valence-corrected chi connectivity index (χ2v) is 5.15. The highest BCUT2D eigenvalue weighted by atomic mass is 127. The number of fused-ring (bicyclic) bond motifs is 1. The first-order chi connectivity index (χ1) is 6.22. The molecule has 1 nitrogen and oxygen atoms in total. The van der Waals surface area contributed by atoms with Crippen LogP contribution in [0.25, 0.3) is 10.1 Å². The minimum absolute atomic E-state index is 0.0676.